The van der Waals surface area contributed by atoms with Gasteiger partial charge >= 0.3 is 11.8 Å². The third kappa shape index (κ3) is 2.49. The number of H-pyrrole nitrogens is 1. The maximum absolute atomic E-state index is 12.1. The van der Waals surface area contributed by atoms with Crippen LogP contribution in [-0.2, 0) is 9.59 Å². The van der Waals surface area contributed by atoms with Gasteiger partial charge in [0.15, 0.2) is 0 Å². The second-order valence-corrected chi connectivity index (χ2v) is 4.63. The van der Waals surface area contributed by atoms with Gasteiger partial charge in [-0.25, -0.2) is 5.10 Å². The summed E-state index contributed by atoms with van der Waals surface area (Å²) in [7, 11) is 0. The van der Waals surface area contributed by atoms with Crippen molar-refractivity contribution < 1.29 is 9.59 Å². The summed E-state index contributed by atoms with van der Waals surface area (Å²) >= 11 is 0. The Hall–Kier alpha value is -1.92. The average molecular weight is 251 g/mol. The normalized spacial score (nSPS) is 23.8. The van der Waals surface area contributed by atoms with E-state index in [1.807, 2.05) is 13.8 Å². The fourth-order valence-electron chi connectivity index (χ4n) is 2.37. The van der Waals surface area contributed by atoms with E-state index in [0.717, 1.165) is 19.3 Å². The average Bonchev–Trinajstić information content (AvgIpc) is 2.81. The lowest BCUT2D eigenvalue weighted by atomic mass is 9.97. The second kappa shape index (κ2) is 5.16. The van der Waals surface area contributed by atoms with E-state index in [4.69, 9.17) is 0 Å². The number of aromatic amines is 1. The molecule has 2 atom stereocenters. The van der Waals surface area contributed by atoms with Crippen LogP contribution in [-0.4, -0.2) is 44.0 Å². The van der Waals surface area contributed by atoms with Gasteiger partial charge in [0.05, 0.1) is 0 Å². The van der Waals surface area contributed by atoms with Gasteiger partial charge in [-0.05, 0) is 33.1 Å². The topological polar surface area (TPSA) is 91.0 Å². The van der Waals surface area contributed by atoms with Crippen LogP contribution in [0.4, 0.5) is 5.95 Å². The first-order valence-corrected chi connectivity index (χ1v) is 6.08. The highest BCUT2D eigenvalue weighted by atomic mass is 16.2. The molecule has 0 radical (unpaired) electrons. The quantitative estimate of drug-likeness (QED) is 0.712. The molecule has 2 heterocycles. The largest absolute Gasteiger partial charge is 0.329 e. The van der Waals surface area contributed by atoms with Crippen LogP contribution in [0.15, 0.2) is 6.33 Å². The molecule has 98 valence electrons. The van der Waals surface area contributed by atoms with Gasteiger partial charge < -0.3 is 4.90 Å². The highest BCUT2D eigenvalue weighted by molar-refractivity contribution is 6.39. The Kier molecular flexibility index (Phi) is 3.59. The molecule has 1 aliphatic heterocycles. The Labute approximate surface area is 105 Å². The van der Waals surface area contributed by atoms with Crippen LogP contribution in [0.3, 0.4) is 0 Å². The zero-order valence-corrected chi connectivity index (χ0v) is 10.5. The highest BCUT2D eigenvalue weighted by Crippen LogP contribution is 2.22. The number of amides is 2. The number of carbonyl (C=O) groups excluding carboxylic acids is 2. The second-order valence-electron chi connectivity index (χ2n) is 4.63. The van der Waals surface area contributed by atoms with Gasteiger partial charge in [0.2, 0.25) is 5.95 Å². The molecule has 2 N–H and O–H groups in total. The van der Waals surface area contributed by atoms with E-state index in [2.05, 4.69) is 20.5 Å². The summed E-state index contributed by atoms with van der Waals surface area (Å²) in [4.78, 5) is 29.3. The molecular formula is C11H17N5O2. The van der Waals surface area contributed by atoms with E-state index in [1.165, 1.54) is 6.33 Å². The number of likely N-dealkylation sites (tertiary alicyclic amines) is 1. The number of rotatable bonds is 1. The number of hydrogen-bond acceptors (Lipinski definition) is 4. The molecule has 7 nitrogen and oxygen atoms in total. The van der Waals surface area contributed by atoms with Crippen molar-refractivity contribution in [3.8, 4) is 0 Å². The zero-order chi connectivity index (χ0) is 13.1. The number of anilines is 1. The number of nitrogens with zero attached hydrogens (tertiary/aromatic N) is 3. The predicted octanol–water partition coefficient (Wildman–Crippen LogP) is 0.533. The summed E-state index contributed by atoms with van der Waals surface area (Å²) in [5, 5.41) is 8.49. The molecule has 0 saturated carbocycles. The van der Waals surface area contributed by atoms with Gasteiger partial charge in [-0.1, -0.05) is 0 Å². The number of hydrogen-bond donors (Lipinski definition) is 2. The van der Waals surface area contributed by atoms with E-state index in [9.17, 15) is 9.59 Å². The summed E-state index contributed by atoms with van der Waals surface area (Å²) in [6, 6.07) is 0.198. The first-order valence-electron chi connectivity index (χ1n) is 6.08. The van der Waals surface area contributed by atoms with Gasteiger partial charge in [-0.2, -0.15) is 10.1 Å². The third-order valence-electron chi connectivity index (χ3n) is 3.27. The molecule has 0 bridgehead atoms. The predicted molar refractivity (Wildman–Crippen MR) is 64.6 cm³/mol. The third-order valence-corrected chi connectivity index (χ3v) is 3.27. The van der Waals surface area contributed by atoms with Gasteiger partial charge in [0, 0.05) is 12.1 Å². The summed E-state index contributed by atoms with van der Waals surface area (Å²) in [6.45, 7) is 3.94. The van der Waals surface area contributed by atoms with Crippen LogP contribution in [0.2, 0.25) is 0 Å². The van der Waals surface area contributed by atoms with E-state index in [1.54, 1.807) is 4.90 Å². The summed E-state index contributed by atoms with van der Waals surface area (Å²) in [5.74, 6) is -0.996. The Balaban J connectivity index is 2.03. The molecule has 1 aromatic heterocycles. The van der Waals surface area contributed by atoms with E-state index < -0.39 is 11.8 Å². The van der Waals surface area contributed by atoms with Crippen molar-refractivity contribution in [1.29, 1.82) is 0 Å². The number of nitrogens with one attached hydrogen (secondary N) is 2. The Morgan fingerprint density at radius 1 is 1.39 bits per heavy atom. The zero-order valence-electron chi connectivity index (χ0n) is 10.5. The minimum absolute atomic E-state index is 0.0988. The molecule has 18 heavy (non-hydrogen) atoms. The minimum Gasteiger partial charge on any atom is -0.329 e. The Morgan fingerprint density at radius 3 is 2.61 bits per heavy atom. The van der Waals surface area contributed by atoms with E-state index >= 15 is 0 Å². The number of aromatic nitrogens is 3. The molecule has 2 rings (SSSR count). The first-order chi connectivity index (χ1) is 8.59. The van der Waals surface area contributed by atoms with Crippen molar-refractivity contribution in [2.45, 2.75) is 45.2 Å². The van der Waals surface area contributed by atoms with E-state index in [0.29, 0.717) is 0 Å². The van der Waals surface area contributed by atoms with Gasteiger partial charge in [-0.3, -0.25) is 14.9 Å². The van der Waals surface area contributed by atoms with Crippen molar-refractivity contribution in [2.75, 3.05) is 5.32 Å². The smallest absolute Gasteiger partial charge is 0.316 e. The molecule has 0 aliphatic carbocycles. The van der Waals surface area contributed by atoms with Crippen LogP contribution in [0.5, 0.6) is 0 Å². The summed E-state index contributed by atoms with van der Waals surface area (Å²) in [6.07, 6.45) is 4.24. The maximum Gasteiger partial charge on any atom is 0.316 e. The molecule has 0 aromatic carbocycles. The van der Waals surface area contributed by atoms with Crippen molar-refractivity contribution in [2.24, 2.45) is 0 Å². The summed E-state index contributed by atoms with van der Waals surface area (Å²) in [5.41, 5.74) is 0. The fraction of sp³-hybridized carbons (Fsp3) is 0.636. The van der Waals surface area contributed by atoms with Crippen molar-refractivity contribution >= 4 is 17.8 Å². The van der Waals surface area contributed by atoms with Crippen molar-refractivity contribution in [3.05, 3.63) is 6.33 Å². The lowest BCUT2D eigenvalue weighted by Gasteiger charge is -2.38. The summed E-state index contributed by atoms with van der Waals surface area (Å²) < 4.78 is 0. The molecule has 2 unspecified atom stereocenters. The molecule has 1 aromatic rings. The first kappa shape index (κ1) is 12.5. The van der Waals surface area contributed by atoms with Crippen molar-refractivity contribution in [1.82, 2.24) is 20.1 Å². The van der Waals surface area contributed by atoms with Gasteiger partial charge in [0.1, 0.15) is 6.33 Å². The SMILES string of the molecule is CC1CCCC(C)N1C(=O)C(=O)Nc1ncn[nH]1. The molecule has 0 spiro atoms. The van der Waals surface area contributed by atoms with Crippen molar-refractivity contribution in [3.63, 3.8) is 0 Å². The molecular weight excluding hydrogens is 234 g/mol. The fourth-order valence-corrected chi connectivity index (χ4v) is 2.37. The van der Waals surface area contributed by atoms with Crippen LogP contribution in [0.1, 0.15) is 33.1 Å². The minimum atomic E-state index is -0.674. The number of piperidine rings is 1. The van der Waals surface area contributed by atoms with Crippen LogP contribution in [0.25, 0.3) is 0 Å². The van der Waals surface area contributed by atoms with Crippen LogP contribution >= 0.6 is 0 Å². The van der Waals surface area contributed by atoms with Gasteiger partial charge in [-0.15, -0.1) is 0 Å². The molecule has 1 aliphatic rings. The Bertz CT molecular complexity index is 421. The highest BCUT2D eigenvalue weighted by Gasteiger charge is 2.32. The van der Waals surface area contributed by atoms with Crippen LogP contribution in [0, 0.1) is 0 Å². The molecule has 1 fully saturated rings. The van der Waals surface area contributed by atoms with Gasteiger partial charge in [0.25, 0.3) is 0 Å². The lowest BCUT2D eigenvalue weighted by molar-refractivity contribution is -0.147. The number of carbonyl (C=O) groups is 2. The monoisotopic (exact) mass is 251 g/mol. The van der Waals surface area contributed by atoms with Crippen LogP contribution < -0.4 is 5.32 Å². The lowest BCUT2D eigenvalue weighted by Crippen LogP contribution is -2.51. The Morgan fingerprint density at radius 2 is 2.06 bits per heavy atom. The molecule has 1 saturated heterocycles. The van der Waals surface area contributed by atoms with E-state index in [-0.39, 0.29) is 18.0 Å². The standard InChI is InChI=1S/C11H17N5O2/c1-7-4-3-5-8(2)16(7)10(18)9(17)14-11-12-6-13-15-11/h6-8H,3-5H2,1-2H3,(H2,12,13,14,15,17). The molecule has 2 amide bonds. The maximum atomic E-state index is 12.1. The molecule has 7 heteroatoms.